The smallest absolute Gasteiger partial charge is 0.258 e. The van der Waals surface area contributed by atoms with E-state index in [4.69, 9.17) is 0 Å². The number of anilines is 2. The fourth-order valence-electron chi connectivity index (χ4n) is 3.95. The number of rotatable bonds is 1. The van der Waals surface area contributed by atoms with Crippen LogP contribution in [0.5, 0.6) is 0 Å². The molecule has 2 amide bonds. The van der Waals surface area contributed by atoms with Gasteiger partial charge in [0.25, 0.3) is 5.91 Å². The van der Waals surface area contributed by atoms with Crippen molar-refractivity contribution in [3.05, 3.63) is 58.7 Å². The van der Waals surface area contributed by atoms with Crippen LogP contribution in [0.25, 0.3) is 0 Å². The zero-order chi connectivity index (χ0) is 17.6. The van der Waals surface area contributed by atoms with Crippen molar-refractivity contribution in [2.75, 3.05) is 22.9 Å². The van der Waals surface area contributed by atoms with Gasteiger partial charge in [-0.25, -0.2) is 0 Å². The van der Waals surface area contributed by atoms with Crippen LogP contribution >= 0.6 is 0 Å². The second-order valence-corrected chi connectivity index (χ2v) is 6.96. The number of aryl methyl sites for hydroxylation is 2. The summed E-state index contributed by atoms with van der Waals surface area (Å²) in [4.78, 5) is 28.5. The van der Waals surface area contributed by atoms with E-state index in [-0.39, 0.29) is 11.8 Å². The Kier molecular flexibility index (Phi) is 3.83. The summed E-state index contributed by atoms with van der Waals surface area (Å²) in [6, 6.07) is 12.0. The van der Waals surface area contributed by atoms with Crippen molar-refractivity contribution in [2.45, 2.75) is 33.1 Å². The molecule has 0 saturated heterocycles. The molecule has 4 nitrogen and oxygen atoms in total. The maximum absolute atomic E-state index is 13.1. The second-order valence-electron chi connectivity index (χ2n) is 6.96. The third-order valence-electron chi connectivity index (χ3n) is 5.20. The molecular weight excluding hydrogens is 312 g/mol. The van der Waals surface area contributed by atoms with E-state index in [2.05, 4.69) is 25.1 Å². The molecule has 0 aromatic heterocycles. The van der Waals surface area contributed by atoms with Crippen LogP contribution < -0.4 is 9.80 Å². The first kappa shape index (κ1) is 15.9. The summed E-state index contributed by atoms with van der Waals surface area (Å²) in [6.45, 7) is 5.13. The van der Waals surface area contributed by atoms with Crippen LogP contribution in [0.3, 0.4) is 0 Å². The van der Waals surface area contributed by atoms with Gasteiger partial charge in [0.1, 0.15) is 0 Å². The Hall–Kier alpha value is -2.62. The molecule has 0 radical (unpaired) electrons. The molecule has 0 saturated carbocycles. The first-order valence-corrected chi connectivity index (χ1v) is 8.87. The molecule has 0 spiro atoms. The first-order valence-electron chi connectivity index (χ1n) is 8.87. The predicted molar refractivity (Wildman–Crippen MR) is 99.3 cm³/mol. The Labute approximate surface area is 148 Å². The van der Waals surface area contributed by atoms with Crippen LogP contribution in [-0.2, 0) is 17.6 Å². The molecule has 0 unspecified atom stereocenters. The van der Waals surface area contributed by atoms with E-state index >= 15 is 0 Å². The van der Waals surface area contributed by atoms with Gasteiger partial charge in [-0.15, -0.1) is 0 Å². The Morgan fingerprint density at radius 2 is 1.60 bits per heavy atom. The zero-order valence-electron chi connectivity index (χ0n) is 14.7. The fraction of sp³-hybridized carbons (Fsp3) is 0.333. The van der Waals surface area contributed by atoms with Crippen LogP contribution in [0, 0.1) is 6.92 Å². The fourth-order valence-corrected chi connectivity index (χ4v) is 3.95. The summed E-state index contributed by atoms with van der Waals surface area (Å²) >= 11 is 0. The lowest BCUT2D eigenvalue weighted by atomic mass is 9.98. The lowest BCUT2D eigenvalue weighted by molar-refractivity contribution is -0.116. The molecule has 0 atom stereocenters. The van der Waals surface area contributed by atoms with E-state index in [1.165, 1.54) is 11.1 Å². The Bertz CT molecular complexity index is 872. The standard InChI is InChI=1S/C21H22N2O2/c1-14-5-7-20-16(12-14)4-3-10-23(20)21(25)18-6-8-19-17(13-18)9-11-22(19)15(2)24/h5-8,12-13H,3-4,9-11H2,1-2H3. The number of carbonyl (C=O) groups excluding carboxylic acids is 2. The molecule has 4 heteroatoms. The lowest BCUT2D eigenvalue weighted by Gasteiger charge is -2.30. The number of fused-ring (bicyclic) bond motifs is 2. The van der Waals surface area contributed by atoms with Crippen molar-refractivity contribution >= 4 is 23.2 Å². The van der Waals surface area contributed by atoms with Crippen LogP contribution in [0.1, 0.15) is 40.4 Å². The van der Waals surface area contributed by atoms with E-state index in [0.717, 1.165) is 42.7 Å². The number of hydrogen-bond acceptors (Lipinski definition) is 2. The van der Waals surface area contributed by atoms with Crippen molar-refractivity contribution in [2.24, 2.45) is 0 Å². The molecule has 0 N–H and O–H groups in total. The maximum atomic E-state index is 13.1. The largest absolute Gasteiger partial charge is 0.312 e. The van der Waals surface area contributed by atoms with Gasteiger partial charge in [0, 0.05) is 37.0 Å². The van der Waals surface area contributed by atoms with Crippen molar-refractivity contribution in [1.29, 1.82) is 0 Å². The van der Waals surface area contributed by atoms with E-state index in [0.29, 0.717) is 12.1 Å². The highest BCUT2D eigenvalue weighted by atomic mass is 16.2. The van der Waals surface area contributed by atoms with Crippen LogP contribution in [0.4, 0.5) is 11.4 Å². The minimum absolute atomic E-state index is 0.0499. The number of amides is 2. The van der Waals surface area contributed by atoms with Crippen molar-refractivity contribution in [3.63, 3.8) is 0 Å². The predicted octanol–water partition coefficient (Wildman–Crippen LogP) is 3.50. The van der Waals surface area contributed by atoms with Gasteiger partial charge in [-0.2, -0.15) is 0 Å². The molecule has 2 aromatic rings. The molecule has 2 aliphatic rings. The number of hydrogen-bond donors (Lipinski definition) is 0. The van der Waals surface area contributed by atoms with E-state index < -0.39 is 0 Å². The molecule has 0 aliphatic carbocycles. The summed E-state index contributed by atoms with van der Waals surface area (Å²) in [5.74, 6) is 0.104. The van der Waals surface area contributed by atoms with Crippen LogP contribution in [-0.4, -0.2) is 24.9 Å². The normalized spacial score (nSPS) is 15.8. The third-order valence-corrected chi connectivity index (χ3v) is 5.20. The average Bonchev–Trinajstić information content (AvgIpc) is 3.03. The van der Waals surface area contributed by atoms with Crippen molar-refractivity contribution < 1.29 is 9.59 Å². The summed E-state index contributed by atoms with van der Waals surface area (Å²) in [5.41, 5.74) is 6.25. The first-order chi connectivity index (χ1) is 12.0. The molecule has 128 valence electrons. The molecule has 0 bridgehead atoms. The van der Waals surface area contributed by atoms with Gasteiger partial charge in [-0.3, -0.25) is 9.59 Å². The van der Waals surface area contributed by atoms with E-state index in [1.54, 1.807) is 11.8 Å². The van der Waals surface area contributed by atoms with Gasteiger partial charge in [0.05, 0.1) is 0 Å². The highest BCUT2D eigenvalue weighted by Crippen LogP contribution is 2.32. The molecule has 2 heterocycles. The third kappa shape index (κ3) is 2.72. The molecule has 2 aromatic carbocycles. The summed E-state index contributed by atoms with van der Waals surface area (Å²) < 4.78 is 0. The van der Waals surface area contributed by atoms with Gasteiger partial charge < -0.3 is 9.80 Å². The lowest BCUT2D eigenvalue weighted by Crippen LogP contribution is -2.35. The van der Waals surface area contributed by atoms with Gasteiger partial charge in [-0.05, 0) is 61.6 Å². The quantitative estimate of drug-likeness (QED) is 0.801. The number of benzene rings is 2. The van der Waals surface area contributed by atoms with E-state index in [1.807, 2.05) is 23.1 Å². The number of nitrogens with zero attached hydrogens (tertiary/aromatic N) is 2. The zero-order valence-corrected chi connectivity index (χ0v) is 14.7. The Morgan fingerprint density at radius 3 is 2.40 bits per heavy atom. The topological polar surface area (TPSA) is 40.6 Å². The van der Waals surface area contributed by atoms with Gasteiger partial charge in [0.2, 0.25) is 5.91 Å². The Morgan fingerprint density at radius 1 is 0.880 bits per heavy atom. The SMILES string of the molecule is CC(=O)N1CCc2cc(C(=O)N3CCCc4cc(C)ccc43)ccc21. The van der Waals surface area contributed by atoms with Crippen LogP contribution in [0.2, 0.25) is 0 Å². The van der Waals surface area contributed by atoms with Crippen molar-refractivity contribution in [3.8, 4) is 0 Å². The van der Waals surface area contributed by atoms with Gasteiger partial charge in [-0.1, -0.05) is 17.7 Å². The molecule has 2 aliphatic heterocycles. The highest BCUT2D eigenvalue weighted by Gasteiger charge is 2.27. The van der Waals surface area contributed by atoms with Gasteiger partial charge >= 0.3 is 0 Å². The van der Waals surface area contributed by atoms with Crippen LogP contribution in [0.15, 0.2) is 36.4 Å². The maximum Gasteiger partial charge on any atom is 0.258 e. The van der Waals surface area contributed by atoms with Gasteiger partial charge in [0.15, 0.2) is 0 Å². The highest BCUT2D eigenvalue weighted by molar-refractivity contribution is 6.07. The Balaban J connectivity index is 1.66. The summed E-state index contributed by atoms with van der Waals surface area (Å²) in [7, 11) is 0. The molecule has 4 rings (SSSR count). The molecule has 25 heavy (non-hydrogen) atoms. The minimum atomic E-state index is 0.0499. The monoisotopic (exact) mass is 334 g/mol. The summed E-state index contributed by atoms with van der Waals surface area (Å²) in [5, 5.41) is 0. The molecular formula is C21H22N2O2. The molecule has 0 fully saturated rings. The van der Waals surface area contributed by atoms with E-state index in [9.17, 15) is 9.59 Å². The minimum Gasteiger partial charge on any atom is -0.312 e. The number of carbonyl (C=O) groups is 2. The average molecular weight is 334 g/mol. The van der Waals surface area contributed by atoms with Crippen molar-refractivity contribution in [1.82, 2.24) is 0 Å². The second kappa shape index (κ2) is 6.03. The summed E-state index contributed by atoms with van der Waals surface area (Å²) in [6.07, 6.45) is 2.83.